The number of carboxylic acids is 1. The fraction of sp³-hybridized carbons (Fsp3) is 0.923. The molecule has 0 unspecified atom stereocenters. The molecular formula is C13H29NO3. The van der Waals surface area contributed by atoms with Crippen LogP contribution in [0, 0.1) is 0 Å². The van der Waals surface area contributed by atoms with E-state index in [9.17, 15) is 4.79 Å². The average molecular weight is 247 g/mol. The number of aliphatic carboxylic acids is 1. The van der Waals surface area contributed by atoms with Crippen molar-refractivity contribution in [3.05, 3.63) is 0 Å². The van der Waals surface area contributed by atoms with Crippen molar-refractivity contribution in [3.63, 3.8) is 0 Å². The van der Waals surface area contributed by atoms with Crippen molar-refractivity contribution in [2.24, 2.45) is 5.73 Å². The number of rotatable bonds is 10. The molecule has 104 valence electrons. The minimum Gasteiger partial charge on any atom is -0.481 e. The Bertz CT molecular complexity index is 148. The lowest BCUT2D eigenvalue weighted by Crippen LogP contribution is -1.98. The topological polar surface area (TPSA) is 83.5 Å². The SMILES string of the molecule is CCCCCO.NCCCCCCCC(=O)O. The molecular weight excluding hydrogens is 218 g/mol. The van der Waals surface area contributed by atoms with Gasteiger partial charge in [0.15, 0.2) is 0 Å². The third-order valence-corrected chi connectivity index (χ3v) is 2.36. The van der Waals surface area contributed by atoms with Crippen LogP contribution in [0.5, 0.6) is 0 Å². The van der Waals surface area contributed by atoms with Crippen molar-refractivity contribution in [3.8, 4) is 0 Å². The largest absolute Gasteiger partial charge is 0.481 e. The molecule has 0 aliphatic rings. The highest BCUT2D eigenvalue weighted by Gasteiger charge is 1.95. The Labute approximate surface area is 105 Å². The van der Waals surface area contributed by atoms with Crippen molar-refractivity contribution in [2.45, 2.75) is 64.7 Å². The van der Waals surface area contributed by atoms with E-state index in [0.29, 0.717) is 13.0 Å². The highest BCUT2D eigenvalue weighted by Crippen LogP contribution is 2.04. The maximum atomic E-state index is 10.1. The molecule has 0 saturated carbocycles. The van der Waals surface area contributed by atoms with E-state index in [1.807, 2.05) is 0 Å². The quantitative estimate of drug-likeness (QED) is 0.518. The van der Waals surface area contributed by atoms with Crippen LogP contribution in [0.4, 0.5) is 0 Å². The van der Waals surface area contributed by atoms with Crippen molar-refractivity contribution in [1.82, 2.24) is 0 Å². The van der Waals surface area contributed by atoms with Gasteiger partial charge in [-0.2, -0.15) is 0 Å². The van der Waals surface area contributed by atoms with Crippen molar-refractivity contribution in [1.29, 1.82) is 0 Å². The highest BCUT2D eigenvalue weighted by atomic mass is 16.4. The van der Waals surface area contributed by atoms with Crippen LogP contribution in [-0.2, 0) is 4.79 Å². The summed E-state index contributed by atoms with van der Waals surface area (Å²) in [5.41, 5.74) is 5.30. The van der Waals surface area contributed by atoms with E-state index in [2.05, 4.69) is 6.92 Å². The summed E-state index contributed by atoms with van der Waals surface area (Å²) in [5, 5.41) is 16.5. The molecule has 4 nitrogen and oxygen atoms in total. The van der Waals surface area contributed by atoms with Gasteiger partial charge < -0.3 is 15.9 Å². The Balaban J connectivity index is 0. The molecule has 0 aromatic rings. The molecule has 0 fully saturated rings. The lowest BCUT2D eigenvalue weighted by Gasteiger charge is -1.97. The third-order valence-electron chi connectivity index (χ3n) is 2.36. The molecule has 0 radical (unpaired) electrons. The molecule has 4 heteroatoms. The Morgan fingerprint density at radius 1 is 1.00 bits per heavy atom. The molecule has 0 aromatic heterocycles. The predicted molar refractivity (Wildman–Crippen MR) is 71.0 cm³/mol. The number of aliphatic hydroxyl groups is 1. The lowest BCUT2D eigenvalue weighted by atomic mass is 10.1. The molecule has 0 aliphatic carbocycles. The molecule has 0 aliphatic heterocycles. The van der Waals surface area contributed by atoms with Gasteiger partial charge in [0.2, 0.25) is 0 Å². The second kappa shape index (κ2) is 17.8. The normalized spacial score (nSPS) is 9.59. The van der Waals surface area contributed by atoms with Gasteiger partial charge in [0.05, 0.1) is 0 Å². The van der Waals surface area contributed by atoms with Crippen LogP contribution in [-0.4, -0.2) is 29.3 Å². The van der Waals surface area contributed by atoms with Crippen molar-refractivity contribution in [2.75, 3.05) is 13.2 Å². The lowest BCUT2D eigenvalue weighted by molar-refractivity contribution is -0.137. The predicted octanol–water partition coefficient (Wildman–Crippen LogP) is 2.54. The Kier molecular flexibility index (Phi) is 19.6. The van der Waals surface area contributed by atoms with E-state index in [1.165, 1.54) is 6.42 Å². The Morgan fingerprint density at radius 3 is 2.00 bits per heavy atom. The third kappa shape index (κ3) is 25.6. The van der Waals surface area contributed by atoms with Crippen LogP contribution in [0.2, 0.25) is 0 Å². The number of aliphatic hydroxyl groups excluding tert-OH is 1. The molecule has 0 aromatic carbocycles. The van der Waals surface area contributed by atoms with Crippen LogP contribution in [0.3, 0.4) is 0 Å². The molecule has 17 heavy (non-hydrogen) atoms. The van der Waals surface area contributed by atoms with Crippen molar-refractivity contribution >= 4 is 5.97 Å². The Hall–Kier alpha value is -0.610. The summed E-state index contributed by atoms with van der Waals surface area (Å²) in [6, 6.07) is 0. The standard InChI is InChI=1S/C8H17NO2.C5H12O/c9-7-5-3-1-2-4-6-8(10)11;1-2-3-4-5-6/h1-7,9H2,(H,10,11);6H,2-5H2,1H3. The number of carbonyl (C=O) groups is 1. The zero-order valence-electron chi connectivity index (χ0n) is 11.2. The molecule has 0 saturated heterocycles. The first-order chi connectivity index (χ1) is 8.18. The van der Waals surface area contributed by atoms with Gasteiger partial charge in [0.1, 0.15) is 0 Å². The van der Waals surface area contributed by atoms with E-state index >= 15 is 0 Å². The summed E-state index contributed by atoms with van der Waals surface area (Å²) >= 11 is 0. The van der Waals surface area contributed by atoms with E-state index < -0.39 is 5.97 Å². The van der Waals surface area contributed by atoms with Gasteiger partial charge >= 0.3 is 5.97 Å². The number of hydrogen-bond acceptors (Lipinski definition) is 3. The summed E-state index contributed by atoms with van der Waals surface area (Å²) in [7, 11) is 0. The maximum absolute atomic E-state index is 10.1. The van der Waals surface area contributed by atoms with Gasteiger partial charge in [0.25, 0.3) is 0 Å². The monoisotopic (exact) mass is 247 g/mol. The summed E-state index contributed by atoms with van der Waals surface area (Å²) in [6.45, 7) is 3.22. The highest BCUT2D eigenvalue weighted by molar-refractivity contribution is 5.66. The second-order valence-corrected chi connectivity index (χ2v) is 4.13. The molecule has 0 atom stereocenters. The molecule has 0 spiro atoms. The van der Waals surface area contributed by atoms with Gasteiger partial charge in [-0.3, -0.25) is 4.79 Å². The first kappa shape index (κ1) is 18.7. The summed E-state index contributed by atoms with van der Waals surface area (Å²) in [4.78, 5) is 10.1. The van der Waals surface area contributed by atoms with Crippen LogP contribution in [0.1, 0.15) is 64.7 Å². The molecule has 0 amide bonds. The Morgan fingerprint density at radius 2 is 1.59 bits per heavy atom. The molecule has 0 heterocycles. The average Bonchev–Trinajstić information content (AvgIpc) is 2.31. The minimum atomic E-state index is -0.691. The molecule has 0 bridgehead atoms. The number of carboxylic acid groups (broad SMARTS) is 1. The summed E-state index contributed by atoms with van der Waals surface area (Å²) in [6.07, 6.45) is 8.77. The maximum Gasteiger partial charge on any atom is 0.303 e. The van der Waals surface area contributed by atoms with Crippen LogP contribution >= 0.6 is 0 Å². The van der Waals surface area contributed by atoms with Gasteiger partial charge in [-0.1, -0.05) is 39.0 Å². The fourth-order valence-electron chi connectivity index (χ4n) is 1.31. The summed E-state index contributed by atoms with van der Waals surface area (Å²) in [5.74, 6) is -0.691. The van der Waals surface area contributed by atoms with Gasteiger partial charge in [0, 0.05) is 13.0 Å². The zero-order chi connectivity index (χ0) is 13.4. The number of nitrogens with two attached hydrogens (primary N) is 1. The van der Waals surface area contributed by atoms with Crippen LogP contribution < -0.4 is 5.73 Å². The number of hydrogen-bond donors (Lipinski definition) is 3. The van der Waals surface area contributed by atoms with E-state index in [-0.39, 0.29) is 0 Å². The van der Waals surface area contributed by atoms with E-state index in [1.54, 1.807) is 0 Å². The van der Waals surface area contributed by atoms with E-state index in [0.717, 1.165) is 51.5 Å². The first-order valence-corrected chi connectivity index (χ1v) is 6.71. The molecule has 4 N–H and O–H groups in total. The number of unbranched alkanes of at least 4 members (excludes halogenated alkanes) is 6. The van der Waals surface area contributed by atoms with Gasteiger partial charge in [-0.15, -0.1) is 0 Å². The van der Waals surface area contributed by atoms with E-state index in [4.69, 9.17) is 15.9 Å². The smallest absolute Gasteiger partial charge is 0.303 e. The van der Waals surface area contributed by atoms with Gasteiger partial charge in [-0.25, -0.2) is 0 Å². The summed E-state index contributed by atoms with van der Waals surface area (Å²) < 4.78 is 0. The van der Waals surface area contributed by atoms with Gasteiger partial charge in [-0.05, 0) is 25.8 Å². The molecule has 0 rings (SSSR count). The second-order valence-electron chi connectivity index (χ2n) is 4.13. The minimum absolute atomic E-state index is 0.308. The zero-order valence-corrected chi connectivity index (χ0v) is 11.2. The van der Waals surface area contributed by atoms with Crippen LogP contribution in [0.15, 0.2) is 0 Å². The first-order valence-electron chi connectivity index (χ1n) is 6.71. The van der Waals surface area contributed by atoms with Crippen molar-refractivity contribution < 1.29 is 15.0 Å². The fourth-order valence-corrected chi connectivity index (χ4v) is 1.31. The van der Waals surface area contributed by atoms with Crippen LogP contribution in [0.25, 0.3) is 0 Å².